The molecule has 1 aliphatic carbocycles. The maximum Gasteiger partial charge on any atom is 0.191 e. The summed E-state index contributed by atoms with van der Waals surface area (Å²) in [6, 6.07) is 0.377. The summed E-state index contributed by atoms with van der Waals surface area (Å²) in [4.78, 5) is 4.28. The van der Waals surface area contributed by atoms with Gasteiger partial charge >= 0.3 is 0 Å². The van der Waals surface area contributed by atoms with Gasteiger partial charge in [0.2, 0.25) is 0 Å². The fourth-order valence-electron chi connectivity index (χ4n) is 4.05. The number of aliphatic imine (C=N–C) groups is 1. The molecule has 3 aliphatic rings. The molecular formula is C16H29N3O2. The largest absolute Gasteiger partial charge is 0.391 e. The molecule has 3 fully saturated rings. The van der Waals surface area contributed by atoms with Gasteiger partial charge in [0.25, 0.3) is 0 Å². The zero-order valence-electron chi connectivity index (χ0n) is 13.1. The maximum atomic E-state index is 10.3. The van der Waals surface area contributed by atoms with Gasteiger partial charge in [-0.25, -0.2) is 0 Å². The molecule has 2 aliphatic heterocycles. The number of hydrogen-bond donors (Lipinski definition) is 3. The standard InChI is InChI=1S/C16H29N3O2/c1-17-16(19-13-9-12-7-8-15(13)21-12)18-10-14(20)11-5-3-2-4-6-11/h11-15,20H,2-10H2,1H3,(H2,17,18,19). The van der Waals surface area contributed by atoms with Crippen molar-refractivity contribution in [1.29, 1.82) is 0 Å². The molecule has 0 aromatic carbocycles. The number of nitrogens with zero attached hydrogens (tertiary/aromatic N) is 1. The maximum absolute atomic E-state index is 10.3. The number of ether oxygens (including phenoxy) is 1. The predicted molar refractivity (Wildman–Crippen MR) is 83.4 cm³/mol. The van der Waals surface area contributed by atoms with Crippen molar-refractivity contribution in [2.24, 2.45) is 10.9 Å². The van der Waals surface area contributed by atoms with E-state index in [-0.39, 0.29) is 6.10 Å². The molecule has 2 bridgehead atoms. The minimum atomic E-state index is -0.264. The molecule has 3 N–H and O–H groups in total. The summed E-state index contributed by atoms with van der Waals surface area (Å²) >= 11 is 0. The molecular weight excluding hydrogens is 266 g/mol. The molecule has 0 amide bonds. The second-order valence-corrected chi connectivity index (χ2v) is 6.78. The minimum Gasteiger partial charge on any atom is -0.391 e. The van der Waals surface area contributed by atoms with Crippen LogP contribution in [0.1, 0.15) is 51.4 Å². The monoisotopic (exact) mass is 295 g/mol. The zero-order chi connectivity index (χ0) is 14.7. The summed E-state index contributed by atoms with van der Waals surface area (Å²) in [5, 5.41) is 17.1. The number of hydrogen-bond acceptors (Lipinski definition) is 3. The lowest BCUT2D eigenvalue weighted by atomic mass is 9.85. The third kappa shape index (κ3) is 3.69. The van der Waals surface area contributed by atoms with E-state index >= 15 is 0 Å². The number of nitrogens with one attached hydrogen (secondary N) is 2. The van der Waals surface area contributed by atoms with Crippen LogP contribution >= 0.6 is 0 Å². The van der Waals surface area contributed by atoms with Crippen molar-refractivity contribution < 1.29 is 9.84 Å². The number of aliphatic hydroxyl groups is 1. The summed E-state index contributed by atoms with van der Waals surface area (Å²) in [6.07, 6.45) is 10.1. The van der Waals surface area contributed by atoms with E-state index in [0.29, 0.717) is 30.7 Å². The molecule has 0 aromatic rings. The molecule has 3 rings (SSSR count). The second-order valence-electron chi connectivity index (χ2n) is 6.78. The van der Waals surface area contributed by atoms with Gasteiger partial charge in [-0.05, 0) is 38.0 Å². The van der Waals surface area contributed by atoms with Crippen molar-refractivity contribution >= 4 is 5.96 Å². The molecule has 120 valence electrons. The Balaban J connectivity index is 1.42. The first kappa shape index (κ1) is 15.1. The Morgan fingerprint density at radius 3 is 2.67 bits per heavy atom. The number of rotatable bonds is 4. The first-order valence-corrected chi connectivity index (χ1v) is 8.57. The van der Waals surface area contributed by atoms with Crippen LogP contribution in [0.25, 0.3) is 0 Å². The Hall–Kier alpha value is -0.810. The minimum absolute atomic E-state index is 0.264. The fraction of sp³-hybridized carbons (Fsp3) is 0.938. The van der Waals surface area contributed by atoms with Crippen LogP contribution < -0.4 is 10.6 Å². The third-order valence-corrected chi connectivity index (χ3v) is 5.32. The van der Waals surface area contributed by atoms with Crippen LogP contribution in [0.15, 0.2) is 4.99 Å². The van der Waals surface area contributed by atoms with Crippen molar-refractivity contribution in [2.75, 3.05) is 13.6 Å². The first-order chi connectivity index (χ1) is 10.3. The van der Waals surface area contributed by atoms with Crippen molar-refractivity contribution in [3.8, 4) is 0 Å². The number of fused-ring (bicyclic) bond motifs is 2. The summed E-state index contributed by atoms with van der Waals surface area (Å²) in [5.74, 6) is 1.25. The van der Waals surface area contributed by atoms with E-state index in [1.807, 2.05) is 0 Å². The zero-order valence-corrected chi connectivity index (χ0v) is 13.1. The van der Waals surface area contributed by atoms with Crippen LogP contribution in [0.5, 0.6) is 0 Å². The molecule has 0 aromatic heterocycles. The molecule has 5 heteroatoms. The van der Waals surface area contributed by atoms with Crippen LogP contribution in [0.2, 0.25) is 0 Å². The van der Waals surface area contributed by atoms with E-state index in [0.717, 1.165) is 31.6 Å². The van der Waals surface area contributed by atoms with Crippen LogP contribution in [0.3, 0.4) is 0 Å². The summed E-state index contributed by atoms with van der Waals surface area (Å²) in [6.45, 7) is 0.589. The van der Waals surface area contributed by atoms with Crippen LogP contribution in [0, 0.1) is 5.92 Å². The van der Waals surface area contributed by atoms with Gasteiger partial charge in [-0.15, -0.1) is 0 Å². The molecule has 4 atom stereocenters. The van der Waals surface area contributed by atoms with E-state index in [1.165, 1.54) is 25.7 Å². The smallest absolute Gasteiger partial charge is 0.191 e. The molecule has 1 saturated carbocycles. The van der Waals surface area contributed by atoms with Gasteiger partial charge in [0.05, 0.1) is 24.4 Å². The first-order valence-electron chi connectivity index (χ1n) is 8.57. The SMILES string of the molecule is CN=C(NCC(O)C1CCCCC1)NC1CC2CCC1O2. The summed E-state index contributed by atoms with van der Waals surface area (Å²) < 4.78 is 5.86. The summed E-state index contributed by atoms with van der Waals surface area (Å²) in [7, 11) is 1.79. The van der Waals surface area contributed by atoms with Gasteiger partial charge in [-0.2, -0.15) is 0 Å². The van der Waals surface area contributed by atoms with Gasteiger partial charge in [-0.1, -0.05) is 19.3 Å². The molecule has 2 heterocycles. The van der Waals surface area contributed by atoms with E-state index in [2.05, 4.69) is 15.6 Å². The van der Waals surface area contributed by atoms with Gasteiger partial charge in [-0.3, -0.25) is 4.99 Å². The highest BCUT2D eigenvalue weighted by atomic mass is 16.5. The number of aliphatic hydroxyl groups excluding tert-OH is 1. The van der Waals surface area contributed by atoms with Crippen molar-refractivity contribution in [3.05, 3.63) is 0 Å². The quantitative estimate of drug-likeness (QED) is 0.542. The Labute approximate surface area is 127 Å². The molecule has 2 saturated heterocycles. The molecule has 4 unspecified atom stereocenters. The lowest BCUT2D eigenvalue weighted by Crippen LogP contribution is -2.49. The summed E-state index contributed by atoms with van der Waals surface area (Å²) in [5.41, 5.74) is 0. The van der Waals surface area contributed by atoms with E-state index in [9.17, 15) is 5.11 Å². The highest BCUT2D eigenvalue weighted by Gasteiger charge is 2.41. The lowest BCUT2D eigenvalue weighted by Gasteiger charge is -2.28. The van der Waals surface area contributed by atoms with Gasteiger partial charge < -0.3 is 20.5 Å². The van der Waals surface area contributed by atoms with E-state index in [1.54, 1.807) is 7.05 Å². The Kier molecular flexibility index (Phi) is 5.01. The average Bonchev–Trinajstić information content (AvgIpc) is 3.14. The average molecular weight is 295 g/mol. The molecule has 5 nitrogen and oxygen atoms in total. The molecule has 21 heavy (non-hydrogen) atoms. The lowest BCUT2D eigenvalue weighted by molar-refractivity contribution is 0.0876. The van der Waals surface area contributed by atoms with Crippen LogP contribution in [0.4, 0.5) is 0 Å². The normalized spacial score (nSPS) is 35.0. The molecule has 0 spiro atoms. The van der Waals surface area contributed by atoms with Crippen molar-refractivity contribution in [3.63, 3.8) is 0 Å². The third-order valence-electron chi connectivity index (χ3n) is 5.32. The van der Waals surface area contributed by atoms with Gasteiger partial charge in [0, 0.05) is 13.6 Å². The second kappa shape index (κ2) is 6.97. The Morgan fingerprint density at radius 2 is 2.05 bits per heavy atom. The molecule has 0 radical (unpaired) electrons. The topological polar surface area (TPSA) is 65.9 Å². The van der Waals surface area contributed by atoms with E-state index < -0.39 is 0 Å². The van der Waals surface area contributed by atoms with E-state index in [4.69, 9.17) is 4.74 Å². The van der Waals surface area contributed by atoms with Gasteiger partial charge in [0.1, 0.15) is 0 Å². The van der Waals surface area contributed by atoms with Crippen molar-refractivity contribution in [1.82, 2.24) is 10.6 Å². The number of guanidine groups is 1. The Morgan fingerprint density at radius 1 is 1.24 bits per heavy atom. The highest BCUT2D eigenvalue weighted by Crippen LogP contribution is 2.34. The predicted octanol–water partition coefficient (Wildman–Crippen LogP) is 1.41. The fourth-order valence-corrected chi connectivity index (χ4v) is 4.05. The Bertz CT molecular complexity index is 369. The van der Waals surface area contributed by atoms with Crippen LogP contribution in [-0.2, 0) is 4.74 Å². The van der Waals surface area contributed by atoms with Crippen LogP contribution in [-0.4, -0.2) is 49.0 Å². The van der Waals surface area contributed by atoms with Crippen molar-refractivity contribution in [2.45, 2.75) is 75.7 Å². The highest BCUT2D eigenvalue weighted by molar-refractivity contribution is 5.80. The van der Waals surface area contributed by atoms with Gasteiger partial charge in [0.15, 0.2) is 5.96 Å².